The molecule has 510 valence electrons. The Labute approximate surface area is 610 Å². The van der Waals surface area contributed by atoms with Gasteiger partial charge in [-0.25, -0.2) is 0 Å². The molecule has 4 aliphatic rings. The summed E-state index contributed by atoms with van der Waals surface area (Å²) in [5.74, 6) is 0. The Morgan fingerprint density at radius 1 is 0.272 bits per heavy atom. The monoisotopic (exact) mass is 1340 g/mol. The Balaban J connectivity index is 0.937. The number of para-hydroxylation sites is 2. The van der Waals surface area contributed by atoms with Crippen molar-refractivity contribution in [2.24, 2.45) is 0 Å². The summed E-state index contributed by atoms with van der Waals surface area (Å²) in [4.78, 5) is 5.28. The fourth-order valence-corrected chi connectivity index (χ4v) is 19.5. The van der Waals surface area contributed by atoms with Crippen LogP contribution < -0.4 is 26.2 Å². The fourth-order valence-electron chi connectivity index (χ4n) is 19.5. The molecule has 2 aromatic heterocycles. The van der Waals surface area contributed by atoms with Crippen molar-refractivity contribution in [2.45, 2.75) is 168 Å². The van der Waals surface area contributed by atoms with Crippen LogP contribution in [0.2, 0.25) is 0 Å². The third kappa shape index (κ3) is 10.2. The smallest absolute Gasteiger partial charge is 0.252 e. The van der Waals surface area contributed by atoms with Crippen molar-refractivity contribution in [1.29, 1.82) is 0 Å². The first-order valence-electron chi connectivity index (χ1n) is 37.7. The van der Waals surface area contributed by atoms with E-state index in [0.717, 1.165) is 52.7 Å². The molecule has 0 amide bonds. The van der Waals surface area contributed by atoms with E-state index in [4.69, 9.17) is 0 Å². The van der Waals surface area contributed by atoms with Gasteiger partial charge in [0.25, 0.3) is 6.71 Å². The fraction of sp³-hybridized carbons (Fsp3) is 0.265. The van der Waals surface area contributed by atoms with Gasteiger partial charge >= 0.3 is 0 Å². The van der Waals surface area contributed by atoms with Gasteiger partial charge in [-0.15, -0.1) is 0 Å². The van der Waals surface area contributed by atoms with Gasteiger partial charge in [0, 0.05) is 61.4 Å². The summed E-state index contributed by atoms with van der Waals surface area (Å²) in [7, 11) is 0. The van der Waals surface area contributed by atoms with Gasteiger partial charge in [-0.05, 0) is 230 Å². The molecule has 103 heavy (non-hydrogen) atoms. The molecule has 0 N–H and O–H groups in total. The molecule has 2 aliphatic carbocycles. The van der Waals surface area contributed by atoms with Crippen molar-refractivity contribution in [3.63, 3.8) is 0 Å². The number of hydrogen-bond donors (Lipinski definition) is 0. The Bertz CT molecular complexity index is 5760. The minimum absolute atomic E-state index is 0.0315. The van der Waals surface area contributed by atoms with Gasteiger partial charge in [-0.2, -0.15) is 0 Å². The molecule has 18 rings (SSSR count). The molecule has 4 nitrogen and oxygen atoms in total. The zero-order valence-electron chi connectivity index (χ0n) is 63.4. The van der Waals surface area contributed by atoms with Crippen molar-refractivity contribution in [3.8, 4) is 44.8 Å². The molecule has 0 atom stereocenters. The van der Waals surface area contributed by atoms with Crippen LogP contribution in [0.1, 0.15) is 169 Å². The van der Waals surface area contributed by atoms with Crippen LogP contribution in [-0.2, 0) is 37.9 Å². The Morgan fingerprint density at radius 2 is 0.641 bits per heavy atom. The van der Waals surface area contributed by atoms with Crippen molar-refractivity contribution < 1.29 is 0 Å². The first-order valence-corrected chi connectivity index (χ1v) is 37.7. The van der Waals surface area contributed by atoms with Gasteiger partial charge in [-0.3, -0.25) is 0 Å². The maximum atomic E-state index is 2.64. The maximum absolute atomic E-state index is 2.64. The quantitative estimate of drug-likeness (QED) is 0.148. The van der Waals surface area contributed by atoms with Crippen molar-refractivity contribution in [1.82, 2.24) is 9.13 Å². The van der Waals surface area contributed by atoms with Gasteiger partial charge in [0.1, 0.15) is 0 Å². The number of fused-ring (bicyclic) bond motifs is 12. The second-order valence-electron chi connectivity index (χ2n) is 36.5. The lowest BCUT2D eigenvalue weighted by atomic mass is 9.33. The molecular weight excluding hydrogens is 1240 g/mol. The highest BCUT2D eigenvalue weighted by Crippen LogP contribution is 2.54. The lowest BCUT2D eigenvalue weighted by molar-refractivity contribution is 0.402. The SMILES string of the molecule is CC(C)(C)c1cccc(-c2ccc3c(c2)N(c2ccc(-c4ccc5c(c4)C(C)(C)CC5(C)C)cc2)c2cc(-n4c5ccc(C(C)(C)C)cc5c5cc(C(C)(C)C)ccc54)cc4c2B3c2ccc(-n3c5ccccc5c5ccccc53)cc2N4c2ccc(-c3ccc4c(c3)C(C)(C)CC4(C)C)cc2)c1. The number of hydrogen-bond acceptors (Lipinski definition) is 2. The van der Waals surface area contributed by atoms with E-state index in [0.29, 0.717) is 0 Å². The first-order chi connectivity index (χ1) is 48.9. The predicted octanol–water partition coefficient (Wildman–Crippen LogP) is 24.8. The predicted molar refractivity (Wildman–Crippen MR) is 443 cm³/mol. The zero-order valence-corrected chi connectivity index (χ0v) is 63.4. The van der Waals surface area contributed by atoms with E-state index in [1.807, 2.05) is 0 Å². The minimum atomic E-state index is -0.155. The zero-order chi connectivity index (χ0) is 71.6. The summed E-state index contributed by atoms with van der Waals surface area (Å²) in [6.07, 6.45) is 2.26. The van der Waals surface area contributed by atoms with Crippen molar-refractivity contribution >= 4 is 101 Å². The van der Waals surface area contributed by atoms with Gasteiger partial charge in [-0.1, -0.05) is 269 Å². The van der Waals surface area contributed by atoms with Crippen molar-refractivity contribution in [3.05, 3.63) is 282 Å². The van der Waals surface area contributed by atoms with Crippen LogP contribution in [0, 0.1) is 0 Å². The maximum Gasteiger partial charge on any atom is 0.252 e. The van der Waals surface area contributed by atoms with E-state index in [2.05, 4.69) is 379 Å². The first kappa shape index (κ1) is 65.0. The largest absolute Gasteiger partial charge is 0.311 e. The molecule has 5 heteroatoms. The molecule has 0 radical (unpaired) electrons. The summed E-state index contributed by atoms with van der Waals surface area (Å²) >= 11 is 0. The number of rotatable bonds is 7. The van der Waals surface area contributed by atoms with Crippen LogP contribution in [0.4, 0.5) is 34.1 Å². The van der Waals surface area contributed by atoms with Crippen LogP contribution >= 0.6 is 0 Å². The number of aromatic nitrogens is 2. The average molecular weight is 1340 g/mol. The van der Waals surface area contributed by atoms with Crippen LogP contribution in [0.25, 0.3) is 88.4 Å². The highest BCUT2D eigenvalue weighted by Gasteiger charge is 2.46. The molecule has 12 aromatic carbocycles. The molecule has 0 spiro atoms. The lowest BCUT2D eigenvalue weighted by Crippen LogP contribution is -2.61. The summed E-state index contributed by atoms with van der Waals surface area (Å²) in [6.45, 7) is 40.3. The highest BCUT2D eigenvalue weighted by molar-refractivity contribution is 7.00. The van der Waals surface area contributed by atoms with E-state index >= 15 is 0 Å². The molecule has 0 saturated heterocycles. The summed E-state index contributed by atoms with van der Waals surface area (Å²) in [5, 5.41) is 5.03. The Hall–Kier alpha value is -10.1. The van der Waals surface area contributed by atoms with Crippen LogP contribution in [0.5, 0.6) is 0 Å². The highest BCUT2D eigenvalue weighted by atomic mass is 15.2. The molecule has 2 aliphatic heterocycles. The summed E-state index contributed by atoms with van der Waals surface area (Å²) < 4.78 is 5.09. The molecule has 0 saturated carbocycles. The van der Waals surface area contributed by atoms with Crippen LogP contribution in [0.3, 0.4) is 0 Å². The van der Waals surface area contributed by atoms with Gasteiger partial charge in [0.15, 0.2) is 0 Å². The topological polar surface area (TPSA) is 16.3 Å². The number of anilines is 6. The molecular formula is C98H95BN4. The molecule has 0 fully saturated rings. The van der Waals surface area contributed by atoms with Crippen LogP contribution in [0.15, 0.2) is 243 Å². The third-order valence-electron chi connectivity index (χ3n) is 24.3. The number of benzene rings is 12. The standard InChI is InChI=1S/C98H95BN4/c1-92(2,3)66-24-22-23-62(49-66)65-35-45-81-87(52-65)100(69-38-29-60(30-39-69)63-33-43-77-79(50-63)97(14,15)58-95(77,10)11)89-56-72(103-85-47-36-67(93(4,5)6)53-75(85)76-54-68(94(7,8)9)37-48-86(76)103)57-90-91(89)99(81)82-46-42-71(102-83-27-20-18-25-73(83)74-26-19-21-28-84(74)102)55-88(82)101(90)70-40-31-61(32-41-70)64-34-44-78-80(51-64)98(16,17)59-96(78,12)13/h18-57H,58-59H2,1-17H3. The second-order valence-corrected chi connectivity index (χ2v) is 36.5. The summed E-state index contributed by atoms with van der Waals surface area (Å²) in [6, 6.07) is 95.4. The molecule has 0 bridgehead atoms. The normalized spacial score (nSPS) is 16.2. The third-order valence-corrected chi connectivity index (χ3v) is 24.3. The van der Waals surface area contributed by atoms with Gasteiger partial charge < -0.3 is 18.9 Å². The van der Waals surface area contributed by atoms with Crippen molar-refractivity contribution in [2.75, 3.05) is 9.80 Å². The summed E-state index contributed by atoms with van der Waals surface area (Å²) in [5.41, 5.74) is 35.1. The molecule has 4 heterocycles. The Morgan fingerprint density at radius 3 is 1.13 bits per heavy atom. The van der Waals surface area contributed by atoms with Gasteiger partial charge in [0.05, 0.1) is 27.8 Å². The lowest BCUT2D eigenvalue weighted by Gasteiger charge is -2.44. The van der Waals surface area contributed by atoms with E-state index in [9.17, 15) is 0 Å². The second kappa shape index (κ2) is 22.2. The van der Waals surface area contributed by atoms with E-state index in [1.54, 1.807) is 0 Å². The average Bonchev–Trinajstić information content (AvgIpc) is 1.23. The molecule has 0 unspecified atom stereocenters. The minimum Gasteiger partial charge on any atom is -0.311 e. The van der Waals surface area contributed by atoms with E-state index in [-0.39, 0.29) is 44.6 Å². The number of nitrogens with zero attached hydrogens (tertiary/aromatic N) is 4. The molecule has 14 aromatic rings. The van der Waals surface area contributed by atoms with E-state index < -0.39 is 0 Å². The van der Waals surface area contributed by atoms with E-state index in [1.165, 1.54) is 138 Å². The van der Waals surface area contributed by atoms with Crippen LogP contribution in [-0.4, -0.2) is 15.8 Å². The Kier molecular flexibility index (Phi) is 14.0. The van der Waals surface area contributed by atoms with Gasteiger partial charge in [0.2, 0.25) is 0 Å².